The summed E-state index contributed by atoms with van der Waals surface area (Å²) >= 11 is 0. The Morgan fingerprint density at radius 3 is 0.920 bits per heavy atom. The summed E-state index contributed by atoms with van der Waals surface area (Å²) in [7, 11) is 0. The van der Waals surface area contributed by atoms with Gasteiger partial charge in [0.1, 0.15) is 0 Å². The normalized spacial score (nSPS) is 25.4. The molecule has 25 heavy (non-hydrogen) atoms. The Morgan fingerprint density at radius 1 is 0.520 bits per heavy atom. The van der Waals surface area contributed by atoms with Gasteiger partial charge in [-0.25, -0.2) is 0 Å². The van der Waals surface area contributed by atoms with Crippen LogP contribution in [0.1, 0.15) is 75.7 Å². The summed E-state index contributed by atoms with van der Waals surface area (Å²) in [4.78, 5) is 0. The zero-order chi connectivity index (χ0) is 19.0. The second-order valence-electron chi connectivity index (χ2n) is 8.09. The van der Waals surface area contributed by atoms with Gasteiger partial charge in [0.05, 0.1) is 0 Å². The Labute approximate surface area is 175 Å². The van der Waals surface area contributed by atoms with Gasteiger partial charge in [0.2, 0.25) is 0 Å². The molecule has 2 fully saturated rings. The fourth-order valence-corrected chi connectivity index (χ4v) is 3.39. The number of hydrogen-bond donors (Lipinski definition) is 0. The molecule has 0 spiro atoms. The molecule has 2 aliphatic rings. The minimum Gasteiger partial charge on any atom is -0.367 e. The molecule has 0 amide bonds. The van der Waals surface area contributed by atoms with Gasteiger partial charge in [-0.1, -0.05) is 68.7 Å². The van der Waals surface area contributed by atoms with Gasteiger partial charge >= 0.3 is 21.7 Å². The van der Waals surface area contributed by atoms with E-state index in [0.717, 1.165) is 6.42 Å². The van der Waals surface area contributed by atoms with E-state index < -0.39 is 0 Å². The van der Waals surface area contributed by atoms with Gasteiger partial charge in [-0.15, -0.1) is 6.92 Å². The van der Waals surface area contributed by atoms with Gasteiger partial charge in [0, 0.05) is 0 Å². The first-order valence-electron chi connectivity index (χ1n) is 8.91. The van der Waals surface area contributed by atoms with Crippen LogP contribution in [0.25, 0.3) is 0 Å². The standard InChI is InChI=1S/C14H21.C10H15.Ti/c1-9-10(2)12(4)13(11(9)3)8-14(5,6)7;1-6-7(2)9(4)10(5)8(6)3;/h5-6,8H2,1-4,7H3;1-5H3;/q-2;;+4. The van der Waals surface area contributed by atoms with E-state index in [9.17, 15) is 0 Å². The van der Waals surface area contributed by atoms with Gasteiger partial charge in [0.25, 0.3) is 0 Å². The van der Waals surface area contributed by atoms with Crippen molar-refractivity contribution in [3.63, 3.8) is 0 Å². The molecule has 0 bridgehead atoms. The van der Waals surface area contributed by atoms with E-state index in [2.05, 4.69) is 83.1 Å². The van der Waals surface area contributed by atoms with Crippen LogP contribution in [0.15, 0.2) is 0 Å². The molecule has 0 saturated heterocycles. The third-order valence-electron chi connectivity index (χ3n) is 6.01. The SMILES string of the molecule is C[C]1[C](C)[C](C)[C](C)[C]1C.[CH2-]C([CH2-])(C)C[C]1[C](C)[C](C)[C](C)[C]1C.[Ti+4]. The molecule has 2 saturated carbocycles. The molecule has 0 N–H and O–H groups in total. The van der Waals surface area contributed by atoms with E-state index in [1.165, 1.54) is 59.2 Å². The molecule has 2 aliphatic carbocycles. The number of hydrogen-bond acceptors (Lipinski definition) is 0. The largest absolute Gasteiger partial charge is 4.00 e. The van der Waals surface area contributed by atoms with Crippen molar-refractivity contribution in [2.24, 2.45) is 5.41 Å². The maximum atomic E-state index is 4.08. The van der Waals surface area contributed by atoms with Crippen molar-refractivity contribution in [1.82, 2.24) is 0 Å². The van der Waals surface area contributed by atoms with E-state index >= 15 is 0 Å². The predicted octanol–water partition coefficient (Wildman–Crippen LogP) is 6.99. The van der Waals surface area contributed by atoms with Gasteiger partial charge in [-0.3, -0.25) is 5.41 Å². The van der Waals surface area contributed by atoms with Gasteiger partial charge in [-0.05, 0) is 59.2 Å². The topological polar surface area (TPSA) is 0 Å². The first kappa shape index (κ1) is 25.7. The zero-order valence-corrected chi connectivity index (χ0v) is 19.7. The van der Waals surface area contributed by atoms with E-state index in [-0.39, 0.29) is 27.1 Å². The van der Waals surface area contributed by atoms with Crippen LogP contribution in [-0.2, 0) is 21.7 Å². The molecule has 2 rings (SSSR count). The summed E-state index contributed by atoms with van der Waals surface area (Å²) in [5.74, 6) is 14.5. The first-order chi connectivity index (χ1) is 10.8. The maximum absolute atomic E-state index is 4.08. The fraction of sp³-hybridized carbons (Fsp3) is 0.500. The molecule has 0 aromatic carbocycles. The zero-order valence-electron chi connectivity index (χ0n) is 18.1. The second kappa shape index (κ2) is 9.77. The second-order valence-corrected chi connectivity index (χ2v) is 8.09. The van der Waals surface area contributed by atoms with E-state index in [0.29, 0.717) is 0 Å². The Kier molecular flexibility index (Phi) is 10.1. The average molecular weight is 372 g/mol. The van der Waals surface area contributed by atoms with Crippen LogP contribution in [0.2, 0.25) is 0 Å². The summed E-state index contributed by atoms with van der Waals surface area (Å²) in [6, 6.07) is 0. The quantitative estimate of drug-likeness (QED) is 0.362. The molecule has 0 aliphatic heterocycles. The van der Waals surface area contributed by atoms with Crippen molar-refractivity contribution in [1.29, 1.82) is 0 Å². The summed E-state index contributed by atoms with van der Waals surface area (Å²) in [5, 5.41) is 0. The van der Waals surface area contributed by atoms with E-state index in [4.69, 9.17) is 0 Å². The van der Waals surface area contributed by atoms with Crippen LogP contribution in [0.3, 0.4) is 0 Å². The van der Waals surface area contributed by atoms with Gasteiger partial charge in [-0.2, -0.15) is 0 Å². The van der Waals surface area contributed by atoms with Gasteiger partial charge in [0.15, 0.2) is 0 Å². The Hall–Kier alpha value is 0.714. The van der Waals surface area contributed by atoms with E-state index in [1.54, 1.807) is 0 Å². The fourth-order valence-electron chi connectivity index (χ4n) is 3.39. The molecular formula is C24H36Ti+2. The van der Waals surface area contributed by atoms with Crippen molar-refractivity contribution in [2.45, 2.75) is 75.7 Å². The van der Waals surface area contributed by atoms with Crippen molar-refractivity contribution in [3.8, 4) is 0 Å². The molecule has 0 unspecified atom stereocenters. The smallest absolute Gasteiger partial charge is 0.367 e. The third kappa shape index (κ3) is 6.10. The Morgan fingerprint density at radius 2 is 0.720 bits per heavy atom. The minimum absolute atomic E-state index is 0. The summed E-state index contributed by atoms with van der Waals surface area (Å²) < 4.78 is 0. The molecular weight excluding hydrogens is 336 g/mol. The molecule has 10 radical (unpaired) electrons. The van der Waals surface area contributed by atoms with Gasteiger partial charge < -0.3 is 13.8 Å². The summed E-state index contributed by atoms with van der Waals surface area (Å²) in [6.45, 7) is 30.0. The predicted molar refractivity (Wildman–Crippen MR) is 107 cm³/mol. The number of rotatable bonds is 2. The maximum Gasteiger partial charge on any atom is 4.00 e. The monoisotopic (exact) mass is 372 g/mol. The van der Waals surface area contributed by atoms with Crippen LogP contribution >= 0.6 is 0 Å². The molecule has 134 valence electrons. The van der Waals surface area contributed by atoms with Crippen molar-refractivity contribution in [3.05, 3.63) is 73.0 Å². The van der Waals surface area contributed by atoms with Crippen molar-refractivity contribution < 1.29 is 21.7 Å². The Bertz CT molecular complexity index is 323. The van der Waals surface area contributed by atoms with Crippen LogP contribution in [-0.4, -0.2) is 0 Å². The third-order valence-corrected chi connectivity index (χ3v) is 6.01. The van der Waals surface area contributed by atoms with Crippen LogP contribution in [0, 0.1) is 78.4 Å². The molecule has 1 heteroatoms. The minimum atomic E-state index is -0.108. The molecule has 0 nitrogen and oxygen atoms in total. The van der Waals surface area contributed by atoms with Crippen LogP contribution < -0.4 is 0 Å². The molecule has 0 aromatic heterocycles. The molecule has 0 aromatic rings. The van der Waals surface area contributed by atoms with Crippen molar-refractivity contribution in [2.75, 3.05) is 0 Å². The molecule has 0 atom stereocenters. The Balaban J connectivity index is 0.000000465. The van der Waals surface area contributed by atoms with E-state index in [1.807, 2.05) is 0 Å². The van der Waals surface area contributed by atoms with Crippen LogP contribution in [0.4, 0.5) is 0 Å². The average Bonchev–Trinajstić information content (AvgIpc) is 2.77. The first-order valence-corrected chi connectivity index (χ1v) is 8.91. The van der Waals surface area contributed by atoms with Crippen LogP contribution in [0.5, 0.6) is 0 Å². The molecule has 0 heterocycles. The summed E-state index contributed by atoms with van der Waals surface area (Å²) in [5.41, 5.74) is -0.108. The summed E-state index contributed by atoms with van der Waals surface area (Å²) in [6.07, 6.45) is 0.972. The van der Waals surface area contributed by atoms with Crippen molar-refractivity contribution >= 4 is 0 Å².